The third-order valence-electron chi connectivity index (χ3n) is 5.41. The number of benzene rings is 4. The zero-order valence-electron chi connectivity index (χ0n) is 15.2. The number of hydrogen-bond donors (Lipinski definition) is 0. The lowest BCUT2D eigenvalue weighted by molar-refractivity contribution is 0.593. The fourth-order valence-electron chi connectivity index (χ4n) is 4.06. The summed E-state index contributed by atoms with van der Waals surface area (Å²) in [6.07, 6.45) is 0.720. The van der Waals surface area contributed by atoms with Gasteiger partial charge in [-0.05, 0) is 40.8 Å². The molecule has 0 bridgehead atoms. The maximum Gasteiger partial charge on any atom is 0.172 e. The highest BCUT2D eigenvalue weighted by atomic mass is 35.5. The smallest absolute Gasteiger partial charge is 0.172 e. The molecule has 0 saturated carbocycles. The van der Waals surface area contributed by atoms with Gasteiger partial charge >= 0.3 is 0 Å². The molecule has 0 spiro atoms. The van der Waals surface area contributed by atoms with Crippen molar-refractivity contribution in [1.29, 1.82) is 0 Å². The Morgan fingerprint density at radius 3 is 2.18 bits per heavy atom. The molecule has 28 heavy (non-hydrogen) atoms. The highest BCUT2D eigenvalue weighted by molar-refractivity contribution is 7.86. The van der Waals surface area contributed by atoms with Crippen LogP contribution in [0.3, 0.4) is 0 Å². The van der Waals surface area contributed by atoms with Crippen molar-refractivity contribution in [2.24, 2.45) is 0 Å². The maximum absolute atomic E-state index is 14.5. The molecule has 1 heterocycles. The Bertz CT molecular complexity index is 1230. The van der Waals surface area contributed by atoms with E-state index in [-0.39, 0.29) is 0 Å². The van der Waals surface area contributed by atoms with Gasteiger partial charge in [0.25, 0.3) is 0 Å². The normalized spacial score (nSPS) is 17.2. The second-order valence-electron chi connectivity index (χ2n) is 7.08. The van der Waals surface area contributed by atoms with E-state index in [2.05, 4.69) is 24.3 Å². The Kier molecular flexibility index (Phi) is 4.23. The molecule has 0 radical (unpaired) electrons. The molecule has 1 atom stereocenters. The summed E-state index contributed by atoms with van der Waals surface area (Å²) < 4.78 is 14.5. The van der Waals surface area contributed by atoms with Crippen molar-refractivity contribution in [3.63, 3.8) is 0 Å². The molecule has 1 aliphatic rings. The van der Waals surface area contributed by atoms with Crippen molar-refractivity contribution in [3.05, 3.63) is 113 Å². The highest BCUT2D eigenvalue weighted by Gasteiger charge is 2.39. The van der Waals surface area contributed by atoms with E-state index in [4.69, 9.17) is 11.6 Å². The first-order valence-corrected chi connectivity index (χ1v) is 11.4. The van der Waals surface area contributed by atoms with Crippen LogP contribution in [0.25, 0.3) is 11.1 Å². The zero-order chi connectivity index (χ0) is 19.1. The van der Waals surface area contributed by atoms with Crippen LogP contribution in [0.15, 0.2) is 97.1 Å². The first-order chi connectivity index (χ1) is 13.7. The third-order valence-corrected chi connectivity index (χ3v) is 8.92. The van der Waals surface area contributed by atoms with E-state index in [9.17, 15) is 4.57 Å². The average molecular weight is 401 g/mol. The first-order valence-electron chi connectivity index (χ1n) is 9.30. The molecule has 3 heteroatoms. The number of fused-ring (bicyclic) bond motifs is 3. The van der Waals surface area contributed by atoms with Crippen molar-refractivity contribution >= 4 is 34.7 Å². The van der Waals surface area contributed by atoms with Crippen LogP contribution in [0.2, 0.25) is 5.02 Å². The highest BCUT2D eigenvalue weighted by Crippen LogP contribution is 2.52. The Balaban J connectivity index is 1.70. The monoisotopic (exact) mass is 400 g/mol. The quantitative estimate of drug-likeness (QED) is 0.363. The predicted octanol–water partition coefficient (Wildman–Crippen LogP) is 5.55. The Morgan fingerprint density at radius 2 is 1.36 bits per heavy atom. The molecular weight excluding hydrogens is 383 g/mol. The van der Waals surface area contributed by atoms with Crippen LogP contribution < -0.4 is 15.9 Å². The Hall–Kier alpha value is -2.60. The summed E-state index contributed by atoms with van der Waals surface area (Å²) in [6.45, 7) is 0. The van der Waals surface area contributed by atoms with E-state index in [1.807, 2.05) is 72.8 Å². The van der Waals surface area contributed by atoms with Crippen molar-refractivity contribution in [3.8, 4) is 11.1 Å². The van der Waals surface area contributed by atoms with E-state index in [1.165, 1.54) is 0 Å². The van der Waals surface area contributed by atoms with Gasteiger partial charge in [0.05, 0.1) is 0 Å². The van der Waals surface area contributed by atoms with Crippen molar-refractivity contribution in [2.45, 2.75) is 6.42 Å². The van der Waals surface area contributed by atoms with E-state index in [1.54, 1.807) is 0 Å². The fraction of sp³-hybridized carbons (Fsp3) is 0.0400. The molecule has 1 unspecified atom stereocenters. The molecule has 0 amide bonds. The molecule has 4 aromatic carbocycles. The summed E-state index contributed by atoms with van der Waals surface area (Å²) in [5, 5.41) is 3.52. The summed E-state index contributed by atoms with van der Waals surface area (Å²) in [7, 11) is -2.88. The van der Waals surface area contributed by atoms with Gasteiger partial charge in [0.2, 0.25) is 0 Å². The van der Waals surface area contributed by atoms with Gasteiger partial charge in [0.15, 0.2) is 7.14 Å². The number of rotatable bonds is 3. The summed E-state index contributed by atoms with van der Waals surface area (Å²) in [5.41, 5.74) is 4.35. The van der Waals surface area contributed by atoms with E-state index >= 15 is 0 Å². The lowest BCUT2D eigenvalue weighted by Gasteiger charge is -2.16. The molecule has 136 valence electrons. The minimum atomic E-state index is -2.88. The second kappa shape index (κ2) is 6.78. The lowest BCUT2D eigenvalue weighted by atomic mass is 10.0. The maximum atomic E-state index is 14.5. The van der Waals surface area contributed by atoms with Crippen LogP contribution in [0.4, 0.5) is 0 Å². The summed E-state index contributed by atoms with van der Waals surface area (Å²) in [4.78, 5) is 0. The minimum absolute atomic E-state index is 0.720. The molecule has 4 aromatic rings. The average Bonchev–Trinajstić information content (AvgIpc) is 3.00. The molecular formula is C25H18ClOP. The fourth-order valence-corrected chi connectivity index (χ4v) is 7.38. The summed E-state index contributed by atoms with van der Waals surface area (Å²) in [6, 6.07) is 32.2. The van der Waals surface area contributed by atoms with Crippen LogP contribution in [-0.2, 0) is 11.0 Å². The molecule has 1 nitrogen and oxygen atoms in total. The van der Waals surface area contributed by atoms with Crippen molar-refractivity contribution in [1.82, 2.24) is 0 Å². The predicted molar refractivity (Wildman–Crippen MR) is 119 cm³/mol. The Labute approximate surface area is 170 Å². The molecule has 0 aromatic heterocycles. The van der Waals surface area contributed by atoms with Gasteiger partial charge in [0.1, 0.15) is 0 Å². The van der Waals surface area contributed by atoms with Crippen LogP contribution >= 0.6 is 18.7 Å². The molecule has 1 aliphatic heterocycles. The number of halogens is 1. The standard InChI is InChI=1S/C25H18ClOP/c26-23-12-6-4-8-19(23)16-18-14-15-22-21-11-5-7-13-24(21)28(27,25(22)17-18)20-9-2-1-3-10-20/h1-15,17H,16H2. The van der Waals surface area contributed by atoms with Gasteiger partial charge < -0.3 is 4.57 Å². The van der Waals surface area contributed by atoms with Gasteiger partial charge in [0, 0.05) is 20.9 Å². The van der Waals surface area contributed by atoms with Crippen LogP contribution in [0.5, 0.6) is 0 Å². The van der Waals surface area contributed by atoms with Gasteiger partial charge in [-0.2, -0.15) is 0 Å². The van der Waals surface area contributed by atoms with Crippen molar-refractivity contribution < 1.29 is 4.57 Å². The van der Waals surface area contributed by atoms with Crippen molar-refractivity contribution in [2.75, 3.05) is 0 Å². The molecule has 0 saturated heterocycles. The van der Waals surface area contributed by atoms with E-state index in [0.29, 0.717) is 0 Å². The SMILES string of the molecule is O=P1(c2ccccc2)c2ccccc2-c2ccc(Cc3ccccc3Cl)cc21. The van der Waals surface area contributed by atoms with E-state index in [0.717, 1.165) is 49.6 Å². The number of hydrogen-bond acceptors (Lipinski definition) is 1. The molecule has 0 aliphatic carbocycles. The second-order valence-corrected chi connectivity index (χ2v) is 10.2. The molecule has 5 rings (SSSR count). The van der Waals surface area contributed by atoms with Crippen LogP contribution in [0, 0.1) is 0 Å². The molecule has 0 fully saturated rings. The topological polar surface area (TPSA) is 17.1 Å². The largest absolute Gasteiger partial charge is 0.309 e. The third kappa shape index (κ3) is 2.66. The van der Waals surface area contributed by atoms with Crippen LogP contribution in [-0.4, -0.2) is 0 Å². The van der Waals surface area contributed by atoms with Gasteiger partial charge in [-0.1, -0.05) is 96.5 Å². The van der Waals surface area contributed by atoms with Crippen LogP contribution in [0.1, 0.15) is 11.1 Å². The zero-order valence-corrected chi connectivity index (χ0v) is 16.8. The summed E-state index contributed by atoms with van der Waals surface area (Å²) in [5.74, 6) is 0. The Morgan fingerprint density at radius 1 is 0.679 bits per heavy atom. The van der Waals surface area contributed by atoms with Gasteiger partial charge in [-0.15, -0.1) is 0 Å². The minimum Gasteiger partial charge on any atom is -0.309 e. The van der Waals surface area contributed by atoms with Gasteiger partial charge in [-0.25, -0.2) is 0 Å². The first kappa shape index (κ1) is 17.5. The molecule has 0 N–H and O–H groups in total. The lowest BCUT2D eigenvalue weighted by Crippen LogP contribution is -2.21. The summed E-state index contributed by atoms with van der Waals surface area (Å²) >= 11 is 6.36. The van der Waals surface area contributed by atoms with Gasteiger partial charge in [-0.3, -0.25) is 0 Å². The van der Waals surface area contributed by atoms with E-state index < -0.39 is 7.14 Å².